The molecular weight excluding hydrogens is 216 g/mol. The predicted molar refractivity (Wildman–Crippen MR) is 65.3 cm³/mol. The zero-order valence-corrected chi connectivity index (χ0v) is 10.7. The Bertz CT molecular complexity index is 303. The first kappa shape index (κ1) is 12.4. The lowest BCUT2D eigenvalue weighted by Gasteiger charge is -2.34. The van der Waals surface area contributed by atoms with E-state index in [1.807, 2.05) is 0 Å². The monoisotopic (exact) mass is 238 g/mol. The van der Waals surface area contributed by atoms with Crippen molar-refractivity contribution in [3.63, 3.8) is 0 Å². The van der Waals surface area contributed by atoms with Gasteiger partial charge in [0.1, 0.15) is 0 Å². The van der Waals surface area contributed by atoms with Gasteiger partial charge in [-0.05, 0) is 37.5 Å². The SMILES string of the molecule is CC1CCCC(C)C1NC(=O)C(=O)NC1CC1. The second-order valence-corrected chi connectivity index (χ2v) is 5.63. The zero-order valence-electron chi connectivity index (χ0n) is 10.7. The van der Waals surface area contributed by atoms with Gasteiger partial charge < -0.3 is 10.6 Å². The molecule has 2 atom stereocenters. The van der Waals surface area contributed by atoms with Crippen molar-refractivity contribution in [3.05, 3.63) is 0 Å². The van der Waals surface area contributed by atoms with Crippen molar-refractivity contribution >= 4 is 11.8 Å². The molecule has 2 saturated carbocycles. The number of nitrogens with one attached hydrogen (secondary N) is 2. The Labute approximate surface area is 103 Å². The molecule has 96 valence electrons. The third kappa shape index (κ3) is 3.20. The molecule has 2 aliphatic carbocycles. The highest BCUT2D eigenvalue weighted by Crippen LogP contribution is 2.28. The van der Waals surface area contributed by atoms with Crippen LogP contribution < -0.4 is 10.6 Å². The van der Waals surface area contributed by atoms with Crippen LogP contribution in [-0.2, 0) is 9.59 Å². The molecule has 0 radical (unpaired) electrons. The number of hydrogen-bond donors (Lipinski definition) is 2. The van der Waals surface area contributed by atoms with Gasteiger partial charge in [0.05, 0.1) is 0 Å². The standard InChI is InChI=1S/C13H22N2O2/c1-8-4-3-5-9(2)11(8)15-13(17)12(16)14-10-6-7-10/h8-11H,3-7H2,1-2H3,(H,14,16)(H,15,17). The van der Waals surface area contributed by atoms with E-state index in [-0.39, 0.29) is 12.1 Å². The van der Waals surface area contributed by atoms with Gasteiger partial charge in [-0.15, -0.1) is 0 Å². The van der Waals surface area contributed by atoms with Crippen molar-refractivity contribution in [1.82, 2.24) is 10.6 Å². The van der Waals surface area contributed by atoms with Crippen LogP contribution in [0.5, 0.6) is 0 Å². The average Bonchev–Trinajstić information content (AvgIpc) is 3.07. The molecule has 0 aromatic heterocycles. The number of carbonyl (C=O) groups is 2. The third-order valence-electron chi connectivity index (χ3n) is 3.96. The molecule has 17 heavy (non-hydrogen) atoms. The fraction of sp³-hybridized carbons (Fsp3) is 0.846. The molecular formula is C13H22N2O2. The molecule has 0 bridgehead atoms. The van der Waals surface area contributed by atoms with Crippen LogP contribution in [0.1, 0.15) is 46.0 Å². The van der Waals surface area contributed by atoms with E-state index in [1.165, 1.54) is 6.42 Å². The van der Waals surface area contributed by atoms with E-state index in [0.29, 0.717) is 11.8 Å². The van der Waals surface area contributed by atoms with Crippen LogP contribution in [0.25, 0.3) is 0 Å². The van der Waals surface area contributed by atoms with Gasteiger partial charge in [-0.3, -0.25) is 9.59 Å². The van der Waals surface area contributed by atoms with Gasteiger partial charge in [0, 0.05) is 12.1 Å². The van der Waals surface area contributed by atoms with Crippen molar-refractivity contribution < 1.29 is 9.59 Å². The summed E-state index contributed by atoms with van der Waals surface area (Å²) in [6, 6.07) is 0.399. The molecule has 0 aromatic rings. The van der Waals surface area contributed by atoms with E-state index < -0.39 is 11.8 Å². The maximum atomic E-state index is 11.7. The van der Waals surface area contributed by atoms with Crippen molar-refractivity contribution in [1.29, 1.82) is 0 Å². The Hall–Kier alpha value is -1.06. The summed E-state index contributed by atoms with van der Waals surface area (Å²) < 4.78 is 0. The van der Waals surface area contributed by atoms with Crippen LogP contribution in [0.2, 0.25) is 0 Å². The molecule has 2 unspecified atom stereocenters. The molecule has 2 rings (SSSR count). The van der Waals surface area contributed by atoms with E-state index >= 15 is 0 Å². The Balaban J connectivity index is 1.85. The summed E-state index contributed by atoms with van der Waals surface area (Å²) >= 11 is 0. The molecule has 0 spiro atoms. The lowest BCUT2D eigenvalue weighted by molar-refractivity contribution is -0.140. The van der Waals surface area contributed by atoms with Crippen LogP contribution in [-0.4, -0.2) is 23.9 Å². The van der Waals surface area contributed by atoms with Crippen LogP contribution in [0, 0.1) is 11.8 Å². The summed E-state index contributed by atoms with van der Waals surface area (Å²) in [5.41, 5.74) is 0. The zero-order chi connectivity index (χ0) is 12.4. The fourth-order valence-electron chi connectivity index (χ4n) is 2.66. The second kappa shape index (κ2) is 5.07. The highest BCUT2D eigenvalue weighted by Gasteiger charge is 2.32. The van der Waals surface area contributed by atoms with Gasteiger partial charge in [0.25, 0.3) is 0 Å². The van der Waals surface area contributed by atoms with Crippen molar-refractivity contribution in [2.75, 3.05) is 0 Å². The highest BCUT2D eigenvalue weighted by atomic mass is 16.2. The number of amides is 2. The Kier molecular flexibility index (Phi) is 3.69. The Morgan fingerprint density at radius 2 is 1.41 bits per heavy atom. The smallest absolute Gasteiger partial charge is 0.309 e. The van der Waals surface area contributed by atoms with Crippen LogP contribution in [0.15, 0.2) is 0 Å². The van der Waals surface area contributed by atoms with Crippen molar-refractivity contribution in [3.8, 4) is 0 Å². The number of rotatable bonds is 2. The molecule has 4 heteroatoms. The summed E-state index contributed by atoms with van der Waals surface area (Å²) in [6.45, 7) is 4.30. The molecule has 2 aliphatic rings. The summed E-state index contributed by atoms with van der Waals surface area (Å²) in [7, 11) is 0. The lowest BCUT2D eigenvalue weighted by Crippen LogP contribution is -2.50. The molecule has 0 aliphatic heterocycles. The lowest BCUT2D eigenvalue weighted by atomic mass is 9.79. The quantitative estimate of drug-likeness (QED) is 0.710. The summed E-state index contributed by atoms with van der Waals surface area (Å²) in [6.07, 6.45) is 5.52. The van der Waals surface area contributed by atoms with Crippen molar-refractivity contribution in [2.45, 2.75) is 58.0 Å². The van der Waals surface area contributed by atoms with E-state index in [4.69, 9.17) is 0 Å². The number of carbonyl (C=O) groups excluding carboxylic acids is 2. The minimum absolute atomic E-state index is 0.154. The van der Waals surface area contributed by atoms with Gasteiger partial charge >= 0.3 is 11.8 Å². The molecule has 4 nitrogen and oxygen atoms in total. The number of hydrogen-bond acceptors (Lipinski definition) is 2. The Morgan fingerprint density at radius 3 is 1.94 bits per heavy atom. The first-order valence-electron chi connectivity index (χ1n) is 6.69. The minimum Gasteiger partial charge on any atom is -0.345 e. The van der Waals surface area contributed by atoms with E-state index in [0.717, 1.165) is 25.7 Å². The van der Waals surface area contributed by atoms with Crippen molar-refractivity contribution in [2.24, 2.45) is 11.8 Å². The van der Waals surface area contributed by atoms with Gasteiger partial charge in [0.15, 0.2) is 0 Å². The third-order valence-corrected chi connectivity index (χ3v) is 3.96. The topological polar surface area (TPSA) is 58.2 Å². The van der Waals surface area contributed by atoms with E-state index in [1.54, 1.807) is 0 Å². The maximum absolute atomic E-state index is 11.7. The Morgan fingerprint density at radius 1 is 0.882 bits per heavy atom. The minimum atomic E-state index is -0.461. The molecule has 2 N–H and O–H groups in total. The molecule has 2 fully saturated rings. The van der Waals surface area contributed by atoms with E-state index in [2.05, 4.69) is 24.5 Å². The second-order valence-electron chi connectivity index (χ2n) is 5.63. The average molecular weight is 238 g/mol. The largest absolute Gasteiger partial charge is 0.345 e. The molecule has 0 saturated heterocycles. The first-order chi connectivity index (χ1) is 8.08. The summed E-state index contributed by atoms with van der Waals surface area (Å²) in [5, 5.41) is 5.62. The fourth-order valence-corrected chi connectivity index (χ4v) is 2.66. The van der Waals surface area contributed by atoms with Gasteiger partial charge in [-0.25, -0.2) is 0 Å². The molecule has 0 heterocycles. The molecule has 2 amide bonds. The highest BCUT2D eigenvalue weighted by molar-refractivity contribution is 6.35. The summed E-state index contributed by atoms with van der Waals surface area (Å²) in [5.74, 6) is 0.0211. The normalized spacial score (nSPS) is 32.9. The van der Waals surface area contributed by atoms with Gasteiger partial charge in [0.2, 0.25) is 0 Å². The maximum Gasteiger partial charge on any atom is 0.309 e. The van der Waals surface area contributed by atoms with Crippen LogP contribution in [0.4, 0.5) is 0 Å². The molecule has 0 aromatic carbocycles. The van der Waals surface area contributed by atoms with Crippen LogP contribution >= 0.6 is 0 Å². The summed E-state index contributed by atoms with van der Waals surface area (Å²) in [4.78, 5) is 23.3. The van der Waals surface area contributed by atoms with Gasteiger partial charge in [-0.2, -0.15) is 0 Å². The van der Waals surface area contributed by atoms with Gasteiger partial charge in [-0.1, -0.05) is 20.3 Å². The predicted octanol–water partition coefficient (Wildman–Crippen LogP) is 1.21. The first-order valence-corrected chi connectivity index (χ1v) is 6.69. The van der Waals surface area contributed by atoms with E-state index in [9.17, 15) is 9.59 Å². The van der Waals surface area contributed by atoms with Crippen LogP contribution in [0.3, 0.4) is 0 Å².